The number of oxazole rings is 1. The van der Waals surface area contributed by atoms with E-state index in [0.29, 0.717) is 18.6 Å². The van der Waals surface area contributed by atoms with E-state index in [9.17, 15) is 0 Å². The summed E-state index contributed by atoms with van der Waals surface area (Å²) in [7, 11) is 0. The predicted octanol–water partition coefficient (Wildman–Crippen LogP) is 1.16. The van der Waals surface area contributed by atoms with Gasteiger partial charge in [0.25, 0.3) is 6.01 Å². The van der Waals surface area contributed by atoms with Gasteiger partial charge in [-0.15, -0.1) is 0 Å². The van der Waals surface area contributed by atoms with Crippen molar-refractivity contribution in [1.29, 1.82) is 0 Å². The van der Waals surface area contributed by atoms with Gasteiger partial charge in [-0.1, -0.05) is 0 Å². The fourth-order valence-electron chi connectivity index (χ4n) is 1.19. The molecule has 0 aromatic carbocycles. The van der Waals surface area contributed by atoms with Gasteiger partial charge < -0.3 is 15.1 Å². The van der Waals surface area contributed by atoms with Crippen LogP contribution in [0.3, 0.4) is 0 Å². The van der Waals surface area contributed by atoms with E-state index in [4.69, 9.17) is 10.2 Å². The largest absolute Gasteiger partial charge is 0.429 e. The maximum Gasteiger partial charge on any atom is 0.297 e. The SMILES string of the molecule is Cc1cnc(N(CCN)C(C)C)o1. The molecule has 1 rings (SSSR count). The number of nitrogens with two attached hydrogens (primary N) is 1. The van der Waals surface area contributed by atoms with Gasteiger partial charge in [-0.25, -0.2) is 4.98 Å². The minimum atomic E-state index is 0.363. The maximum atomic E-state index is 5.50. The first-order valence-electron chi connectivity index (χ1n) is 4.54. The Balaban J connectivity index is 2.75. The van der Waals surface area contributed by atoms with Crippen molar-refractivity contribution in [3.05, 3.63) is 12.0 Å². The molecule has 13 heavy (non-hydrogen) atoms. The van der Waals surface area contributed by atoms with Crippen LogP contribution in [-0.4, -0.2) is 24.1 Å². The number of hydrogen-bond donors (Lipinski definition) is 1. The van der Waals surface area contributed by atoms with Crippen molar-refractivity contribution in [1.82, 2.24) is 4.98 Å². The van der Waals surface area contributed by atoms with Gasteiger partial charge in [0, 0.05) is 19.1 Å². The lowest BCUT2D eigenvalue weighted by atomic mass is 10.3. The zero-order chi connectivity index (χ0) is 9.84. The number of hydrogen-bond acceptors (Lipinski definition) is 4. The average Bonchev–Trinajstić information content (AvgIpc) is 2.46. The Morgan fingerprint density at radius 2 is 2.31 bits per heavy atom. The molecule has 0 amide bonds. The first-order valence-corrected chi connectivity index (χ1v) is 4.54. The van der Waals surface area contributed by atoms with Crippen LogP contribution in [0.2, 0.25) is 0 Å². The Bertz CT molecular complexity index is 257. The molecule has 0 saturated heterocycles. The van der Waals surface area contributed by atoms with Crippen LogP contribution in [-0.2, 0) is 0 Å². The normalized spacial score (nSPS) is 10.8. The second-order valence-electron chi connectivity index (χ2n) is 3.33. The molecule has 0 saturated carbocycles. The number of aryl methyl sites for hydroxylation is 1. The Kier molecular flexibility index (Phi) is 3.31. The Morgan fingerprint density at radius 3 is 2.69 bits per heavy atom. The van der Waals surface area contributed by atoms with Crippen LogP contribution in [0.4, 0.5) is 6.01 Å². The summed E-state index contributed by atoms with van der Waals surface area (Å²) in [6.07, 6.45) is 1.72. The number of aromatic nitrogens is 1. The van der Waals surface area contributed by atoms with Crippen LogP contribution in [0, 0.1) is 6.92 Å². The van der Waals surface area contributed by atoms with Crippen molar-refractivity contribution in [2.75, 3.05) is 18.0 Å². The van der Waals surface area contributed by atoms with Gasteiger partial charge in [-0.2, -0.15) is 0 Å². The van der Waals surface area contributed by atoms with Crippen LogP contribution < -0.4 is 10.6 Å². The summed E-state index contributed by atoms with van der Waals surface area (Å²) < 4.78 is 5.42. The molecule has 0 fully saturated rings. The molecule has 1 aromatic heterocycles. The number of rotatable bonds is 4. The van der Waals surface area contributed by atoms with Gasteiger partial charge in [-0.3, -0.25) is 0 Å². The summed E-state index contributed by atoms with van der Waals surface area (Å²) in [4.78, 5) is 6.21. The molecule has 1 heterocycles. The molecule has 1 aromatic rings. The maximum absolute atomic E-state index is 5.50. The summed E-state index contributed by atoms with van der Waals surface area (Å²) in [5, 5.41) is 0. The molecule has 2 N–H and O–H groups in total. The zero-order valence-electron chi connectivity index (χ0n) is 8.45. The molecule has 0 aliphatic rings. The first-order chi connectivity index (χ1) is 6.15. The highest BCUT2D eigenvalue weighted by atomic mass is 16.4. The molecule has 74 valence electrons. The molecule has 0 unspecified atom stereocenters. The van der Waals surface area contributed by atoms with Crippen molar-refractivity contribution >= 4 is 6.01 Å². The van der Waals surface area contributed by atoms with Crippen LogP contribution >= 0.6 is 0 Å². The Labute approximate surface area is 78.7 Å². The van der Waals surface area contributed by atoms with Gasteiger partial charge in [0.05, 0.1) is 6.20 Å². The second-order valence-corrected chi connectivity index (χ2v) is 3.33. The molecule has 0 radical (unpaired) electrons. The van der Waals surface area contributed by atoms with Crippen LogP contribution in [0.15, 0.2) is 10.6 Å². The molecule has 0 bridgehead atoms. The third-order valence-corrected chi connectivity index (χ3v) is 1.85. The quantitative estimate of drug-likeness (QED) is 0.761. The van der Waals surface area contributed by atoms with Gasteiger partial charge >= 0.3 is 0 Å². The Hall–Kier alpha value is -1.03. The van der Waals surface area contributed by atoms with E-state index in [0.717, 1.165) is 12.3 Å². The van der Waals surface area contributed by atoms with Crippen LogP contribution in [0.1, 0.15) is 19.6 Å². The molecule has 4 heteroatoms. The van der Waals surface area contributed by atoms with E-state index < -0.39 is 0 Å². The average molecular weight is 183 g/mol. The molecular weight excluding hydrogens is 166 g/mol. The summed E-state index contributed by atoms with van der Waals surface area (Å²) in [6, 6.07) is 1.03. The van der Waals surface area contributed by atoms with E-state index in [1.807, 2.05) is 11.8 Å². The van der Waals surface area contributed by atoms with Gasteiger partial charge in [-0.05, 0) is 20.8 Å². The lowest BCUT2D eigenvalue weighted by Gasteiger charge is -2.23. The second kappa shape index (κ2) is 4.28. The monoisotopic (exact) mass is 183 g/mol. The standard InChI is InChI=1S/C9H17N3O/c1-7(2)12(5-4-10)9-11-6-8(3)13-9/h6-7H,4-5,10H2,1-3H3. The predicted molar refractivity (Wildman–Crippen MR) is 52.8 cm³/mol. The highest BCUT2D eigenvalue weighted by Gasteiger charge is 2.13. The molecule has 0 aliphatic heterocycles. The molecule has 0 atom stereocenters. The van der Waals surface area contributed by atoms with E-state index in [1.165, 1.54) is 0 Å². The first kappa shape index (κ1) is 10.1. The van der Waals surface area contributed by atoms with Gasteiger partial charge in [0.1, 0.15) is 5.76 Å². The molecule has 4 nitrogen and oxygen atoms in total. The van der Waals surface area contributed by atoms with Crippen molar-refractivity contribution < 1.29 is 4.42 Å². The van der Waals surface area contributed by atoms with Gasteiger partial charge in [0.15, 0.2) is 0 Å². The topological polar surface area (TPSA) is 55.3 Å². The van der Waals surface area contributed by atoms with E-state index in [2.05, 4.69) is 18.8 Å². The summed E-state index contributed by atoms with van der Waals surface area (Å²) in [6.45, 7) is 7.46. The molecule has 0 spiro atoms. The molecule has 0 aliphatic carbocycles. The third-order valence-electron chi connectivity index (χ3n) is 1.85. The van der Waals surface area contributed by atoms with Crippen molar-refractivity contribution in [3.63, 3.8) is 0 Å². The van der Waals surface area contributed by atoms with E-state index in [1.54, 1.807) is 6.20 Å². The summed E-state index contributed by atoms with van der Waals surface area (Å²) in [5.41, 5.74) is 5.50. The van der Waals surface area contributed by atoms with Crippen LogP contribution in [0.25, 0.3) is 0 Å². The summed E-state index contributed by atoms with van der Waals surface area (Å²) >= 11 is 0. The van der Waals surface area contributed by atoms with E-state index in [-0.39, 0.29) is 0 Å². The number of anilines is 1. The van der Waals surface area contributed by atoms with Gasteiger partial charge in [0.2, 0.25) is 0 Å². The van der Waals surface area contributed by atoms with Crippen molar-refractivity contribution in [3.8, 4) is 0 Å². The zero-order valence-corrected chi connectivity index (χ0v) is 8.45. The Morgan fingerprint density at radius 1 is 1.62 bits per heavy atom. The van der Waals surface area contributed by atoms with Crippen molar-refractivity contribution in [2.24, 2.45) is 5.73 Å². The lowest BCUT2D eigenvalue weighted by molar-refractivity contribution is 0.493. The molecular formula is C9H17N3O. The lowest BCUT2D eigenvalue weighted by Crippen LogP contribution is -2.35. The fraction of sp³-hybridized carbons (Fsp3) is 0.667. The highest BCUT2D eigenvalue weighted by Crippen LogP contribution is 2.15. The minimum absolute atomic E-state index is 0.363. The minimum Gasteiger partial charge on any atom is -0.429 e. The third kappa shape index (κ3) is 2.45. The fourth-order valence-corrected chi connectivity index (χ4v) is 1.19. The smallest absolute Gasteiger partial charge is 0.297 e. The highest BCUT2D eigenvalue weighted by molar-refractivity contribution is 5.27. The van der Waals surface area contributed by atoms with Crippen molar-refractivity contribution in [2.45, 2.75) is 26.8 Å². The summed E-state index contributed by atoms with van der Waals surface area (Å²) in [5.74, 6) is 0.831. The van der Waals surface area contributed by atoms with Crippen LogP contribution in [0.5, 0.6) is 0 Å². The number of nitrogens with zero attached hydrogens (tertiary/aromatic N) is 2. The van der Waals surface area contributed by atoms with E-state index >= 15 is 0 Å².